The smallest absolute Gasteiger partial charge is 0.324 e. The third-order valence-electron chi connectivity index (χ3n) is 1.58. The molecule has 2 N–H and O–H groups in total. The Hall–Kier alpha value is -0.380. The fraction of sp³-hybridized carbons (Fsp3) is 0.889. The van der Waals surface area contributed by atoms with Crippen molar-refractivity contribution < 1.29 is 4.79 Å². The minimum Gasteiger partial charge on any atom is -0.337 e. The molecule has 0 unspecified atom stereocenters. The Bertz CT molecular complexity index is 154. The van der Waals surface area contributed by atoms with Gasteiger partial charge in [-0.2, -0.15) is 0 Å². The molecule has 0 saturated heterocycles. The first kappa shape index (κ1) is 12.6. The summed E-state index contributed by atoms with van der Waals surface area (Å²) in [6.07, 6.45) is 3.99. The van der Waals surface area contributed by atoms with Gasteiger partial charge in [0.25, 0.3) is 0 Å². The summed E-state index contributed by atoms with van der Waals surface area (Å²) in [4.78, 5) is 10.9. The van der Waals surface area contributed by atoms with Crippen LogP contribution in [0.3, 0.4) is 0 Å². The van der Waals surface area contributed by atoms with Gasteiger partial charge in [0.1, 0.15) is 0 Å². The van der Waals surface area contributed by atoms with Crippen molar-refractivity contribution in [3.8, 4) is 0 Å². The van der Waals surface area contributed by atoms with Crippen LogP contribution in [-0.2, 0) is 0 Å². The molecule has 0 radical (unpaired) electrons. The minimum absolute atomic E-state index is 0.0959. The fourth-order valence-corrected chi connectivity index (χ4v) is 1.21. The van der Waals surface area contributed by atoms with Crippen LogP contribution in [0.5, 0.6) is 0 Å². The number of carbonyl (C=O) groups excluding carboxylic acids is 1. The Morgan fingerprint density at radius 1 is 1.38 bits per heavy atom. The lowest BCUT2D eigenvalue weighted by molar-refractivity contribution is 0.245. The monoisotopic (exact) mass is 204 g/mol. The summed E-state index contributed by atoms with van der Waals surface area (Å²) in [5.74, 6) is 0. The van der Waals surface area contributed by atoms with E-state index in [-0.39, 0.29) is 6.03 Å². The van der Waals surface area contributed by atoms with Gasteiger partial charge in [-0.15, -0.1) is 0 Å². The predicted molar refractivity (Wildman–Crippen MR) is 58.7 cm³/mol. The van der Waals surface area contributed by atoms with Crippen LogP contribution in [0.2, 0.25) is 0 Å². The highest BCUT2D eigenvalue weighted by Gasteiger charge is 2.09. The molecule has 0 fully saturated rings. The molecule has 0 saturated carbocycles. The van der Waals surface area contributed by atoms with Crippen LogP contribution >= 0.6 is 11.9 Å². The lowest BCUT2D eigenvalue weighted by Gasteiger charge is -2.17. The van der Waals surface area contributed by atoms with Crippen molar-refractivity contribution >= 4 is 18.0 Å². The van der Waals surface area contributed by atoms with E-state index in [9.17, 15) is 4.79 Å². The average molecular weight is 204 g/mol. The fourth-order valence-electron chi connectivity index (χ4n) is 0.949. The van der Waals surface area contributed by atoms with Gasteiger partial charge in [0.2, 0.25) is 0 Å². The van der Waals surface area contributed by atoms with E-state index in [0.717, 1.165) is 19.4 Å². The van der Waals surface area contributed by atoms with Crippen LogP contribution in [0.1, 0.15) is 33.6 Å². The summed E-state index contributed by atoms with van der Waals surface area (Å²) in [5, 5.41) is 2.79. The van der Waals surface area contributed by atoms with Crippen LogP contribution in [0.4, 0.5) is 4.79 Å². The summed E-state index contributed by atoms with van der Waals surface area (Å²) in [5.41, 5.74) is 0.359. The van der Waals surface area contributed by atoms with E-state index in [1.807, 2.05) is 6.26 Å². The summed E-state index contributed by atoms with van der Waals surface area (Å²) in [6.45, 7) is 7.36. The SMILES string of the molecule is CSNC(=O)NCCCC(C)(C)C. The molecule has 0 aliphatic rings. The zero-order chi connectivity index (χ0) is 10.3. The van der Waals surface area contributed by atoms with Crippen LogP contribution < -0.4 is 10.0 Å². The molecule has 4 heteroatoms. The normalized spacial score (nSPS) is 11.1. The van der Waals surface area contributed by atoms with Gasteiger partial charge in [-0.1, -0.05) is 32.7 Å². The Labute approximate surface area is 85.2 Å². The number of amides is 2. The molecule has 0 aliphatic carbocycles. The maximum absolute atomic E-state index is 10.9. The van der Waals surface area contributed by atoms with Crippen LogP contribution in [-0.4, -0.2) is 18.8 Å². The van der Waals surface area contributed by atoms with Crippen LogP contribution in [0.25, 0.3) is 0 Å². The standard InChI is InChI=1S/C9H20N2OS/c1-9(2,3)6-5-7-10-8(12)11-13-4/h5-7H2,1-4H3,(H2,10,11,12). The summed E-state index contributed by atoms with van der Waals surface area (Å²) >= 11 is 1.31. The van der Waals surface area contributed by atoms with E-state index in [4.69, 9.17) is 0 Å². The van der Waals surface area contributed by atoms with Gasteiger partial charge in [-0.05, 0) is 18.3 Å². The zero-order valence-electron chi connectivity index (χ0n) is 8.94. The molecule has 3 nitrogen and oxygen atoms in total. The van der Waals surface area contributed by atoms with E-state index < -0.39 is 0 Å². The van der Waals surface area contributed by atoms with Gasteiger partial charge >= 0.3 is 6.03 Å². The number of rotatable bonds is 4. The third-order valence-corrected chi connectivity index (χ3v) is 1.97. The van der Waals surface area contributed by atoms with Crippen molar-refractivity contribution in [3.05, 3.63) is 0 Å². The maximum atomic E-state index is 10.9. The van der Waals surface area contributed by atoms with Crippen molar-refractivity contribution in [2.45, 2.75) is 33.6 Å². The van der Waals surface area contributed by atoms with Crippen LogP contribution in [0.15, 0.2) is 0 Å². The molecule has 0 spiro atoms. The lowest BCUT2D eigenvalue weighted by atomic mass is 9.91. The Morgan fingerprint density at radius 2 is 2.00 bits per heavy atom. The first-order chi connectivity index (χ1) is 5.95. The molecule has 2 amide bonds. The topological polar surface area (TPSA) is 41.1 Å². The van der Waals surface area contributed by atoms with E-state index in [0.29, 0.717) is 5.41 Å². The van der Waals surface area contributed by atoms with Gasteiger partial charge in [0.05, 0.1) is 0 Å². The van der Waals surface area contributed by atoms with Gasteiger partial charge in [0, 0.05) is 12.8 Å². The van der Waals surface area contributed by atoms with Crippen LogP contribution in [0, 0.1) is 5.41 Å². The molecule has 0 aromatic carbocycles. The molecule has 0 atom stereocenters. The van der Waals surface area contributed by atoms with Crippen molar-refractivity contribution in [2.75, 3.05) is 12.8 Å². The van der Waals surface area contributed by atoms with Gasteiger partial charge in [-0.25, -0.2) is 4.79 Å². The number of hydrogen-bond acceptors (Lipinski definition) is 2. The molecule has 13 heavy (non-hydrogen) atoms. The molecular weight excluding hydrogens is 184 g/mol. The number of hydrogen-bond donors (Lipinski definition) is 2. The molecule has 0 aliphatic heterocycles. The van der Waals surface area contributed by atoms with Crippen molar-refractivity contribution in [1.82, 2.24) is 10.0 Å². The molecule has 0 rings (SSSR count). The first-order valence-corrected chi connectivity index (χ1v) is 5.75. The summed E-state index contributed by atoms with van der Waals surface area (Å²) in [7, 11) is 0. The average Bonchev–Trinajstić information content (AvgIpc) is 1.97. The van der Waals surface area contributed by atoms with Gasteiger partial charge in [0.15, 0.2) is 0 Å². The summed E-state index contributed by atoms with van der Waals surface area (Å²) < 4.78 is 2.61. The molecule has 0 aromatic heterocycles. The highest BCUT2D eigenvalue weighted by molar-refractivity contribution is 7.97. The Balaban J connectivity index is 3.31. The Kier molecular flexibility index (Phi) is 5.95. The molecule has 0 bridgehead atoms. The zero-order valence-corrected chi connectivity index (χ0v) is 9.75. The van der Waals surface area contributed by atoms with Gasteiger partial charge < -0.3 is 5.32 Å². The molecule has 0 aromatic rings. The van der Waals surface area contributed by atoms with Crippen molar-refractivity contribution in [2.24, 2.45) is 5.41 Å². The van der Waals surface area contributed by atoms with E-state index >= 15 is 0 Å². The quantitative estimate of drug-likeness (QED) is 0.545. The highest BCUT2D eigenvalue weighted by Crippen LogP contribution is 2.19. The molecular formula is C9H20N2OS. The van der Waals surface area contributed by atoms with Gasteiger partial charge in [-0.3, -0.25) is 4.72 Å². The maximum Gasteiger partial charge on any atom is 0.324 e. The number of nitrogens with one attached hydrogen (secondary N) is 2. The number of carbonyl (C=O) groups is 1. The molecule has 78 valence electrons. The van der Waals surface area contributed by atoms with E-state index in [1.165, 1.54) is 11.9 Å². The predicted octanol–water partition coefficient (Wildman–Crippen LogP) is 2.39. The second kappa shape index (κ2) is 6.13. The van der Waals surface area contributed by atoms with Crippen molar-refractivity contribution in [3.63, 3.8) is 0 Å². The van der Waals surface area contributed by atoms with E-state index in [2.05, 4.69) is 30.8 Å². The lowest BCUT2D eigenvalue weighted by Crippen LogP contribution is -2.32. The Morgan fingerprint density at radius 3 is 2.46 bits per heavy atom. The number of urea groups is 1. The second-order valence-electron chi connectivity index (χ2n) is 4.23. The summed E-state index contributed by atoms with van der Waals surface area (Å²) in [6, 6.07) is -0.0959. The second-order valence-corrected chi connectivity index (χ2v) is 4.84. The minimum atomic E-state index is -0.0959. The third kappa shape index (κ3) is 9.53. The van der Waals surface area contributed by atoms with E-state index in [1.54, 1.807) is 0 Å². The van der Waals surface area contributed by atoms with Crippen molar-refractivity contribution in [1.29, 1.82) is 0 Å². The molecule has 0 heterocycles. The largest absolute Gasteiger partial charge is 0.337 e. The highest BCUT2D eigenvalue weighted by atomic mass is 32.2. The first-order valence-electron chi connectivity index (χ1n) is 4.52.